The summed E-state index contributed by atoms with van der Waals surface area (Å²) < 4.78 is 0. The molecule has 0 aliphatic carbocycles. The standard InChI is InChI=1S/C14H21ClN4O2S/c1-19(2)12-5-4-9(8-10(12)15)17-13(20)11(6-7-22-3)18-14(16)21/h4-5,8,11H,6-7H2,1-3H3,(H,17,20)(H3,16,18,21). The van der Waals surface area contributed by atoms with Crippen LogP contribution in [-0.4, -0.2) is 44.1 Å². The molecule has 3 amide bonds. The van der Waals surface area contributed by atoms with Crippen molar-refractivity contribution >= 4 is 46.7 Å². The molecule has 0 aromatic heterocycles. The molecule has 1 aromatic rings. The summed E-state index contributed by atoms with van der Waals surface area (Å²) in [5.74, 6) is 0.417. The van der Waals surface area contributed by atoms with Crippen LogP contribution in [0.5, 0.6) is 0 Å². The smallest absolute Gasteiger partial charge is 0.312 e. The third-order valence-electron chi connectivity index (χ3n) is 2.94. The van der Waals surface area contributed by atoms with Gasteiger partial charge in [-0.25, -0.2) is 4.79 Å². The Morgan fingerprint density at radius 3 is 2.59 bits per heavy atom. The van der Waals surface area contributed by atoms with E-state index in [2.05, 4.69) is 10.6 Å². The van der Waals surface area contributed by atoms with E-state index in [0.29, 0.717) is 17.1 Å². The zero-order valence-electron chi connectivity index (χ0n) is 12.9. The first-order chi connectivity index (χ1) is 10.3. The van der Waals surface area contributed by atoms with E-state index in [1.807, 2.05) is 31.3 Å². The highest BCUT2D eigenvalue weighted by Crippen LogP contribution is 2.27. The zero-order chi connectivity index (χ0) is 16.7. The first kappa shape index (κ1) is 18.4. The van der Waals surface area contributed by atoms with E-state index in [9.17, 15) is 9.59 Å². The van der Waals surface area contributed by atoms with E-state index >= 15 is 0 Å². The molecule has 0 fully saturated rings. The summed E-state index contributed by atoms with van der Waals surface area (Å²) in [4.78, 5) is 25.1. The Kier molecular flexibility index (Phi) is 7.34. The minimum absolute atomic E-state index is 0.318. The Morgan fingerprint density at radius 1 is 1.41 bits per heavy atom. The van der Waals surface area contributed by atoms with Gasteiger partial charge in [-0.05, 0) is 36.6 Å². The molecule has 0 heterocycles. The highest BCUT2D eigenvalue weighted by atomic mass is 35.5. The summed E-state index contributed by atoms with van der Waals surface area (Å²) in [6, 6.07) is 3.86. The van der Waals surface area contributed by atoms with Crippen LogP contribution in [0.1, 0.15) is 6.42 Å². The van der Waals surface area contributed by atoms with Crippen LogP contribution in [0.25, 0.3) is 0 Å². The van der Waals surface area contributed by atoms with Crippen molar-refractivity contribution in [2.75, 3.05) is 36.3 Å². The molecular weight excluding hydrogens is 324 g/mol. The van der Waals surface area contributed by atoms with Crippen LogP contribution in [0, 0.1) is 0 Å². The van der Waals surface area contributed by atoms with Gasteiger partial charge in [0, 0.05) is 19.8 Å². The molecule has 4 N–H and O–H groups in total. The number of thioether (sulfide) groups is 1. The van der Waals surface area contributed by atoms with E-state index in [1.165, 1.54) is 0 Å². The summed E-state index contributed by atoms with van der Waals surface area (Å²) in [5.41, 5.74) is 6.54. The third kappa shape index (κ3) is 5.65. The Hall–Kier alpha value is -1.60. The molecule has 6 nitrogen and oxygen atoms in total. The number of halogens is 1. The van der Waals surface area contributed by atoms with Gasteiger partial charge in [-0.15, -0.1) is 0 Å². The number of hydrogen-bond acceptors (Lipinski definition) is 4. The molecular formula is C14H21ClN4O2S. The van der Waals surface area contributed by atoms with Gasteiger partial charge >= 0.3 is 6.03 Å². The highest BCUT2D eigenvalue weighted by molar-refractivity contribution is 7.98. The number of anilines is 2. The molecule has 8 heteroatoms. The summed E-state index contributed by atoms with van der Waals surface area (Å²) in [6.07, 6.45) is 2.43. The minimum atomic E-state index is -0.720. The van der Waals surface area contributed by atoms with Gasteiger partial charge < -0.3 is 21.3 Å². The van der Waals surface area contributed by atoms with Crippen LogP contribution in [-0.2, 0) is 4.79 Å². The largest absolute Gasteiger partial charge is 0.376 e. The molecule has 0 bridgehead atoms. The van der Waals surface area contributed by atoms with Crippen LogP contribution < -0.4 is 21.3 Å². The van der Waals surface area contributed by atoms with Crippen molar-refractivity contribution in [1.82, 2.24) is 5.32 Å². The second-order valence-corrected chi connectivity index (χ2v) is 6.29. The van der Waals surface area contributed by atoms with Gasteiger partial charge in [0.05, 0.1) is 10.7 Å². The minimum Gasteiger partial charge on any atom is -0.376 e. The number of nitrogens with one attached hydrogen (secondary N) is 2. The molecule has 0 radical (unpaired) electrons. The lowest BCUT2D eigenvalue weighted by molar-refractivity contribution is -0.117. The molecule has 0 saturated carbocycles. The second-order valence-electron chi connectivity index (χ2n) is 4.89. The number of urea groups is 1. The van der Waals surface area contributed by atoms with Crippen LogP contribution in [0.2, 0.25) is 5.02 Å². The normalized spacial score (nSPS) is 11.6. The number of primary amides is 1. The van der Waals surface area contributed by atoms with Crippen molar-refractivity contribution in [3.05, 3.63) is 23.2 Å². The maximum Gasteiger partial charge on any atom is 0.312 e. The fourth-order valence-electron chi connectivity index (χ4n) is 1.85. The fourth-order valence-corrected chi connectivity index (χ4v) is 2.67. The molecule has 122 valence electrons. The highest BCUT2D eigenvalue weighted by Gasteiger charge is 2.19. The van der Waals surface area contributed by atoms with Crippen molar-refractivity contribution in [3.8, 4) is 0 Å². The molecule has 0 spiro atoms. The van der Waals surface area contributed by atoms with Gasteiger partial charge in [0.1, 0.15) is 6.04 Å². The van der Waals surface area contributed by atoms with Crippen LogP contribution in [0.15, 0.2) is 18.2 Å². The summed E-state index contributed by atoms with van der Waals surface area (Å²) in [7, 11) is 3.77. The zero-order valence-corrected chi connectivity index (χ0v) is 14.4. The Labute approximate surface area is 139 Å². The third-order valence-corrected chi connectivity index (χ3v) is 3.89. The van der Waals surface area contributed by atoms with Gasteiger partial charge in [-0.1, -0.05) is 11.6 Å². The SMILES string of the molecule is CSCCC(NC(N)=O)C(=O)Nc1ccc(N(C)C)c(Cl)c1. The molecule has 0 aliphatic rings. The molecule has 1 unspecified atom stereocenters. The van der Waals surface area contributed by atoms with Crippen LogP contribution in [0.4, 0.5) is 16.2 Å². The number of hydrogen-bond donors (Lipinski definition) is 3. The van der Waals surface area contributed by atoms with E-state index in [0.717, 1.165) is 11.4 Å². The molecule has 0 saturated heterocycles. The summed E-state index contributed by atoms with van der Waals surface area (Å²) >= 11 is 7.76. The molecule has 1 atom stereocenters. The van der Waals surface area contributed by atoms with Crippen LogP contribution in [0.3, 0.4) is 0 Å². The number of rotatable bonds is 7. The first-order valence-corrected chi connectivity index (χ1v) is 8.45. The lowest BCUT2D eigenvalue weighted by atomic mass is 10.2. The number of nitrogens with zero attached hydrogens (tertiary/aromatic N) is 1. The van der Waals surface area contributed by atoms with Crippen molar-refractivity contribution in [1.29, 1.82) is 0 Å². The Balaban J connectivity index is 2.79. The second kappa shape index (κ2) is 8.75. The molecule has 1 aromatic carbocycles. The Bertz CT molecular complexity index is 540. The number of nitrogens with two attached hydrogens (primary N) is 1. The average molecular weight is 345 g/mol. The molecule has 1 rings (SSSR count). The van der Waals surface area contributed by atoms with E-state index in [1.54, 1.807) is 23.9 Å². The maximum atomic E-state index is 12.2. The van der Waals surface area contributed by atoms with Gasteiger partial charge in [0.25, 0.3) is 0 Å². The van der Waals surface area contributed by atoms with Gasteiger partial charge in [-0.2, -0.15) is 11.8 Å². The van der Waals surface area contributed by atoms with E-state index < -0.39 is 12.1 Å². The number of amides is 3. The van der Waals surface area contributed by atoms with Gasteiger partial charge in [0.2, 0.25) is 5.91 Å². The summed E-state index contributed by atoms with van der Waals surface area (Å²) in [6.45, 7) is 0. The lowest BCUT2D eigenvalue weighted by Crippen LogP contribution is -2.46. The Morgan fingerprint density at radius 2 is 2.09 bits per heavy atom. The van der Waals surface area contributed by atoms with Crippen molar-refractivity contribution < 1.29 is 9.59 Å². The molecule has 22 heavy (non-hydrogen) atoms. The van der Waals surface area contributed by atoms with Gasteiger partial charge in [-0.3, -0.25) is 4.79 Å². The average Bonchev–Trinajstić information content (AvgIpc) is 2.42. The first-order valence-electron chi connectivity index (χ1n) is 6.67. The monoisotopic (exact) mass is 344 g/mol. The number of carbonyl (C=O) groups excluding carboxylic acids is 2. The van der Waals surface area contributed by atoms with E-state index in [-0.39, 0.29) is 5.91 Å². The predicted molar refractivity (Wildman–Crippen MR) is 93.9 cm³/mol. The van der Waals surface area contributed by atoms with Crippen molar-refractivity contribution in [2.45, 2.75) is 12.5 Å². The summed E-state index contributed by atoms with van der Waals surface area (Å²) in [5, 5.41) is 5.73. The lowest BCUT2D eigenvalue weighted by Gasteiger charge is -2.18. The van der Waals surface area contributed by atoms with Crippen molar-refractivity contribution in [2.24, 2.45) is 5.73 Å². The topological polar surface area (TPSA) is 87.5 Å². The quantitative estimate of drug-likeness (QED) is 0.707. The maximum absolute atomic E-state index is 12.2. The van der Waals surface area contributed by atoms with Crippen LogP contribution >= 0.6 is 23.4 Å². The fraction of sp³-hybridized carbons (Fsp3) is 0.429. The predicted octanol–water partition coefficient (Wildman–Crippen LogP) is 2.13. The van der Waals surface area contributed by atoms with Gasteiger partial charge in [0.15, 0.2) is 0 Å². The number of carbonyl (C=O) groups is 2. The van der Waals surface area contributed by atoms with Crippen molar-refractivity contribution in [3.63, 3.8) is 0 Å². The van der Waals surface area contributed by atoms with E-state index in [4.69, 9.17) is 17.3 Å². The molecule has 0 aliphatic heterocycles. The number of benzene rings is 1.